The fraction of sp³-hybridized carbons (Fsp3) is 1.00. The predicted octanol–water partition coefficient (Wildman–Crippen LogP) is 1.38. The zero-order chi connectivity index (χ0) is 8.69. The van der Waals surface area contributed by atoms with Crippen LogP contribution in [0.25, 0.3) is 0 Å². The van der Waals surface area contributed by atoms with Crippen LogP contribution in [0.2, 0.25) is 0 Å². The number of aliphatic hydroxyl groups is 2. The third-order valence-corrected chi connectivity index (χ3v) is 2.28. The summed E-state index contributed by atoms with van der Waals surface area (Å²) in [6.07, 6.45) is 2.67. The number of hydrogen-bond acceptors (Lipinski definition) is 2. The molecule has 0 bridgehead atoms. The Bertz CT molecular complexity index is 84.2. The summed E-state index contributed by atoms with van der Waals surface area (Å²) in [5.74, 6) is 0.350. The van der Waals surface area contributed by atoms with Gasteiger partial charge in [-0.1, -0.05) is 13.3 Å². The minimum Gasteiger partial charge on any atom is -0.396 e. The lowest BCUT2D eigenvalue weighted by atomic mass is 10.0. The van der Waals surface area contributed by atoms with E-state index in [0.29, 0.717) is 5.92 Å². The maximum atomic E-state index is 8.81. The second-order valence-corrected chi connectivity index (χ2v) is 3.43. The van der Waals surface area contributed by atoms with Crippen molar-refractivity contribution < 1.29 is 10.2 Å². The van der Waals surface area contributed by atoms with Gasteiger partial charge in [0.25, 0.3) is 0 Å². The van der Waals surface area contributed by atoms with E-state index in [1.165, 1.54) is 0 Å². The highest BCUT2D eigenvalue weighted by Gasteiger charge is 2.08. The van der Waals surface area contributed by atoms with Gasteiger partial charge in [-0.3, -0.25) is 0 Å². The summed E-state index contributed by atoms with van der Waals surface area (Å²) in [6.45, 7) is 2.30. The Balaban J connectivity index is 3.34. The molecular formula is C8H17ClO2. The van der Waals surface area contributed by atoms with Gasteiger partial charge in [0.05, 0.1) is 12.0 Å². The first kappa shape index (κ1) is 11.2. The molecule has 0 rings (SSSR count). The van der Waals surface area contributed by atoms with Gasteiger partial charge in [0.15, 0.2) is 0 Å². The fourth-order valence-electron chi connectivity index (χ4n) is 0.932. The molecule has 0 fully saturated rings. The Morgan fingerprint density at radius 2 is 1.82 bits per heavy atom. The van der Waals surface area contributed by atoms with Crippen LogP contribution in [0, 0.1) is 5.92 Å². The van der Waals surface area contributed by atoms with E-state index < -0.39 is 0 Å². The SMILES string of the molecule is CCC(CO)CCC(Cl)CO. The van der Waals surface area contributed by atoms with Gasteiger partial charge in [-0.25, -0.2) is 0 Å². The summed E-state index contributed by atoms with van der Waals surface area (Å²) >= 11 is 5.69. The first-order valence-corrected chi connectivity index (χ1v) is 4.54. The molecular weight excluding hydrogens is 164 g/mol. The van der Waals surface area contributed by atoms with Crippen molar-refractivity contribution in [3.63, 3.8) is 0 Å². The standard InChI is InChI=1S/C8H17ClO2/c1-2-7(5-10)3-4-8(9)6-11/h7-8,10-11H,2-6H2,1H3. The average molecular weight is 181 g/mol. The van der Waals surface area contributed by atoms with E-state index in [-0.39, 0.29) is 18.6 Å². The second-order valence-electron chi connectivity index (χ2n) is 2.81. The Kier molecular flexibility index (Phi) is 7.02. The Hall–Kier alpha value is 0.210. The molecule has 0 aliphatic heterocycles. The first-order chi connectivity index (χ1) is 5.24. The van der Waals surface area contributed by atoms with Gasteiger partial charge < -0.3 is 10.2 Å². The maximum Gasteiger partial charge on any atom is 0.0595 e. The predicted molar refractivity (Wildman–Crippen MR) is 46.8 cm³/mol. The van der Waals surface area contributed by atoms with Gasteiger partial charge in [-0.15, -0.1) is 11.6 Å². The van der Waals surface area contributed by atoms with E-state index in [0.717, 1.165) is 19.3 Å². The minimum absolute atomic E-state index is 0.0312. The molecule has 2 nitrogen and oxygen atoms in total. The van der Waals surface area contributed by atoms with E-state index in [2.05, 4.69) is 0 Å². The zero-order valence-electron chi connectivity index (χ0n) is 6.96. The summed E-state index contributed by atoms with van der Waals surface area (Å²) in [7, 11) is 0. The second kappa shape index (κ2) is 6.89. The van der Waals surface area contributed by atoms with Crippen LogP contribution in [-0.4, -0.2) is 28.8 Å². The molecule has 11 heavy (non-hydrogen) atoms. The van der Waals surface area contributed by atoms with E-state index >= 15 is 0 Å². The highest BCUT2D eigenvalue weighted by Crippen LogP contribution is 2.14. The van der Waals surface area contributed by atoms with Crippen LogP contribution >= 0.6 is 11.6 Å². The molecule has 2 N–H and O–H groups in total. The average Bonchev–Trinajstić information content (AvgIpc) is 2.06. The molecule has 2 atom stereocenters. The molecule has 2 unspecified atom stereocenters. The molecule has 0 aromatic rings. The molecule has 0 aliphatic carbocycles. The van der Waals surface area contributed by atoms with Gasteiger partial charge in [0.1, 0.15) is 0 Å². The van der Waals surface area contributed by atoms with Crippen molar-refractivity contribution in [3.05, 3.63) is 0 Å². The van der Waals surface area contributed by atoms with Gasteiger partial charge in [-0.05, 0) is 18.8 Å². The lowest BCUT2D eigenvalue weighted by Crippen LogP contribution is -2.10. The van der Waals surface area contributed by atoms with Crippen LogP contribution < -0.4 is 0 Å². The van der Waals surface area contributed by atoms with Crippen LogP contribution in [-0.2, 0) is 0 Å². The highest BCUT2D eigenvalue weighted by atomic mass is 35.5. The smallest absolute Gasteiger partial charge is 0.0595 e. The van der Waals surface area contributed by atoms with Crippen molar-refractivity contribution in [1.82, 2.24) is 0 Å². The topological polar surface area (TPSA) is 40.5 Å². The van der Waals surface area contributed by atoms with Crippen LogP contribution in [0.15, 0.2) is 0 Å². The van der Waals surface area contributed by atoms with Gasteiger partial charge in [0.2, 0.25) is 0 Å². The lowest BCUT2D eigenvalue weighted by Gasteiger charge is -2.12. The Morgan fingerprint density at radius 3 is 2.18 bits per heavy atom. The van der Waals surface area contributed by atoms with Crippen molar-refractivity contribution >= 4 is 11.6 Å². The molecule has 3 heteroatoms. The fourth-order valence-corrected chi connectivity index (χ4v) is 1.06. The molecule has 0 heterocycles. The first-order valence-electron chi connectivity index (χ1n) is 4.10. The number of halogens is 1. The third-order valence-electron chi connectivity index (χ3n) is 1.92. The summed E-state index contributed by atoms with van der Waals surface area (Å²) in [5, 5.41) is 17.3. The Labute approximate surface area is 73.2 Å². The van der Waals surface area contributed by atoms with E-state index in [1.54, 1.807) is 0 Å². The quantitative estimate of drug-likeness (QED) is 0.607. The van der Waals surface area contributed by atoms with Gasteiger partial charge >= 0.3 is 0 Å². The van der Waals surface area contributed by atoms with Crippen LogP contribution in [0.1, 0.15) is 26.2 Å². The molecule has 0 aromatic heterocycles. The molecule has 0 spiro atoms. The van der Waals surface area contributed by atoms with Gasteiger partial charge in [0, 0.05) is 6.61 Å². The van der Waals surface area contributed by atoms with E-state index in [9.17, 15) is 0 Å². The van der Waals surface area contributed by atoms with Crippen LogP contribution in [0.4, 0.5) is 0 Å². The summed E-state index contributed by atoms with van der Waals surface area (Å²) in [6, 6.07) is 0. The number of hydrogen-bond donors (Lipinski definition) is 2. The largest absolute Gasteiger partial charge is 0.396 e. The van der Waals surface area contributed by atoms with E-state index in [4.69, 9.17) is 21.8 Å². The minimum atomic E-state index is -0.143. The highest BCUT2D eigenvalue weighted by molar-refractivity contribution is 6.20. The lowest BCUT2D eigenvalue weighted by molar-refractivity contribution is 0.207. The molecule has 0 aliphatic rings. The number of aliphatic hydroxyl groups excluding tert-OH is 2. The molecule has 0 saturated carbocycles. The summed E-state index contributed by atoms with van der Waals surface area (Å²) in [4.78, 5) is 0. The van der Waals surface area contributed by atoms with Crippen molar-refractivity contribution in [2.24, 2.45) is 5.92 Å². The van der Waals surface area contributed by atoms with Crippen molar-refractivity contribution in [2.75, 3.05) is 13.2 Å². The summed E-state index contributed by atoms with van der Waals surface area (Å²) < 4.78 is 0. The molecule has 0 amide bonds. The maximum absolute atomic E-state index is 8.81. The van der Waals surface area contributed by atoms with Crippen molar-refractivity contribution in [1.29, 1.82) is 0 Å². The van der Waals surface area contributed by atoms with Gasteiger partial charge in [-0.2, -0.15) is 0 Å². The molecule has 0 saturated heterocycles. The molecule has 0 radical (unpaired) electrons. The molecule has 0 aromatic carbocycles. The monoisotopic (exact) mass is 180 g/mol. The normalized spacial score (nSPS) is 16.4. The number of alkyl halides is 1. The van der Waals surface area contributed by atoms with E-state index in [1.807, 2.05) is 6.92 Å². The van der Waals surface area contributed by atoms with Crippen LogP contribution in [0.3, 0.4) is 0 Å². The number of rotatable bonds is 6. The molecule has 68 valence electrons. The zero-order valence-corrected chi connectivity index (χ0v) is 7.72. The summed E-state index contributed by atoms with van der Waals surface area (Å²) in [5.41, 5.74) is 0. The van der Waals surface area contributed by atoms with Crippen molar-refractivity contribution in [3.8, 4) is 0 Å². The third kappa shape index (κ3) is 5.48. The Morgan fingerprint density at radius 1 is 1.18 bits per heavy atom. The van der Waals surface area contributed by atoms with Crippen LogP contribution in [0.5, 0.6) is 0 Å². The van der Waals surface area contributed by atoms with Crippen molar-refractivity contribution in [2.45, 2.75) is 31.6 Å².